The molecule has 2 heterocycles. The number of aromatic nitrogens is 4. The smallest absolute Gasteiger partial charge is 0.298 e. The number of fused-ring (bicyclic) bond motifs is 1. The van der Waals surface area contributed by atoms with Crippen molar-refractivity contribution in [3.05, 3.63) is 90.0 Å². The minimum Gasteiger partial charge on any atom is -0.298 e. The van der Waals surface area contributed by atoms with Crippen molar-refractivity contribution < 1.29 is 0 Å². The van der Waals surface area contributed by atoms with E-state index in [9.17, 15) is 9.59 Å². The normalized spacial score (nSPS) is 11.5. The number of aryl methyl sites for hydroxylation is 1. The summed E-state index contributed by atoms with van der Waals surface area (Å²) in [6.07, 6.45) is 1.65. The Hall–Kier alpha value is -3.17. The number of nitrogens with one attached hydrogen (secondary N) is 1. The summed E-state index contributed by atoms with van der Waals surface area (Å²) in [7, 11) is 3.03. The second-order valence-corrected chi connectivity index (χ2v) is 8.30. The summed E-state index contributed by atoms with van der Waals surface area (Å²) in [5.41, 5.74) is 4.43. The van der Waals surface area contributed by atoms with Crippen LogP contribution in [0.25, 0.3) is 11.2 Å². The first kappa shape index (κ1) is 21.1. The van der Waals surface area contributed by atoms with Crippen LogP contribution in [0.1, 0.15) is 11.1 Å². The first-order chi connectivity index (χ1) is 14.8. The van der Waals surface area contributed by atoms with Crippen LogP contribution in [0.15, 0.2) is 67.7 Å². The standard InChI is InChI=1S/C21H18BrClN6O2/c1-27-18-17(19(30)28(2)21(27)31)29(12-14-5-9-16(23)10-6-14)20(25-18)26-24-11-13-3-7-15(22)8-4-13/h3-11H,12H2,1-2H3,(H,25,26)/b24-11+. The third-order valence-corrected chi connectivity index (χ3v) is 5.63. The van der Waals surface area contributed by atoms with Gasteiger partial charge in [0.05, 0.1) is 12.8 Å². The number of halogens is 2. The molecule has 0 unspecified atom stereocenters. The van der Waals surface area contributed by atoms with Crippen molar-refractivity contribution in [2.45, 2.75) is 6.54 Å². The van der Waals surface area contributed by atoms with Gasteiger partial charge in [-0.3, -0.25) is 18.5 Å². The Morgan fingerprint density at radius 3 is 2.42 bits per heavy atom. The zero-order chi connectivity index (χ0) is 22.1. The molecule has 0 aliphatic rings. The quantitative estimate of drug-likeness (QED) is 0.336. The monoisotopic (exact) mass is 500 g/mol. The Bertz CT molecular complexity index is 1400. The first-order valence-corrected chi connectivity index (χ1v) is 10.5. The zero-order valence-corrected chi connectivity index (χ0v) is 19.1. The SMILES string of the molecule is Cn1c(=O)c2c(nc(N/N=C/c3ccc(Br)cc3)n2Cc2ccc(Cl)cc2)n(C)c1=O. The molecule has 4 rings (SSSR count). The van der Waals surface area contributed by atoms with Crippen LogP contribution >= 0.6 is 27.5 Å². The van der Waals surface area contributed by atoms with E-state index in [2.05, 4.69) is 31.4 Å². The van der Waals surface area contributed by atoms with Gasteiger partial charge in [0.2, 0.25) is 5.95 Å². The lowest BCUT2D eigenvalue weighted by Gasteiger charge is -2.09. The van der Waals surface area contributed by atoms with Gasteiger partial charge in [0, 0.05) is 23.6 Å². The molecular formula is C21H18BrClN6O2. The fourth-order valence-electron chi connectivity index (χ4n) is 3.17. The van der Waals surface area contributed by atoms with Gasteiger partial charge in [-0.15, -0.1) is 0 Å². The third-order valence-electron chi connectivity index (χ3n) is 4.85. The summed E-state index contributed by atoms with van der Waals surface area (Å²) < 4.78 is 5.09. The van der Waals surface area contributed by atoms with E-state index in [1.165, 1.54) is 11.6 Å². The highest BCUT2D eigenvalue weighted by molar-refractivity contribution is 9.10. The second kappa shape index (κ2) is 8.52. The van der Waals surface area contributed by atoms with Crippen molar-refractivity contribution in [3.63, 3.8) is 0 Å². The molecule has 0 aliphatic heterocycles. The van der Waals surface area contributed by atoms with E-state index in [0.29, 0.717) is 23.0 Å². The maximum absolute atomic E-state index is 12.9. The van der Waals surface area contributed by atoms with Gasteiger partial charge >= 0.3 is 5.69 Å². The fraction of sp³-hybridized carbons (Fsp3) is 0.143. The number of anilines is 1. The largest absolute Gasteiger partial charge is 0.332 e. The van der Waals surface area contributed by atoms with Crippen LogP contribution in [-0.2, 0) is 20.6 Å². The molecule has 0 radical (unpaired) electrons. The maximum Gasteiger partial charge on any atom is 0.332 e. The molecule has 1 N–H and O–H groups in total. The predicted molar refractivity (Wildman–Crippen MR) is 126 cm³/mol. The maximum atomic E-state index is 12.9. The number of hydrazone groups is 1. The molecule has 0 amide bonds. The van der Waals surface area contributed by atoms with E-state index >= 15 is 0 Å². The van der Waals surface area contributed by atoms with Crippen LogP contribution in [-0.4, -0.2) is 24.9 Å². The average Bonchev–Trinajstić information content (AvgIpc) is 3.12. The van der Waals surface area contributed by atoms with Crippen LogP contribution in [0, 0.1) is 0 Å². The molecule has 10 heteroatoms. The minimum atomic E-state index is -0.446. The number of benzene rings is 2. The lowest BCUT2D eigenvalue weighted by molar-refractivity contribution is 0.702. The molecule has 0 spiro atoms. The molecule has 4 aromatic rings. The zero-order valence-electron chi connectivity index (χ0n) is 16.7. The topological polar surface area (TPSA) is 86.2 Å². The van der Waals surface area contributed by atoms with E-state index in [0.717, 1.165) is 20.2 Å². The van der Waals surface area contributed by atoms with Gasteiger partial charge in [-0.05, 0) is 35.4 Å². The molecule has 0 atom stereocenters. The van der Waals surface area contributed by atoms with Gasteiger partial charge < -0.3 is 0 Å². The summed E-state index contributed by atoms with van der Waals surface area (Å²) >= 11 is 9.39. The first-order valence-electron chi connectivity index (χ1n) is 9.30. The van der Waals surface area contributed by atoms with Crippen LogP contribution in [0.5, 0.6) is 0 Å². The summed E-state index contributed by atoms with van der Waals surface area (Å²) in [5.74, 6) is 0.344. The van der Waals surface area contributed by atoms with Gasteiger partial charge in [0.15, 0.2) is 11.2 Å². The summed E-state index contributed by atoms with van der Waals surface area (Å²) in [6.45, 7) is 0.344. The summed E-state index contributed by atoms with van der Waals surface area (Å²) in [6, 6.07) is 14.9. The second-order valence-electron chi connectivity index (χ2n) is 6.95. The van der Waals surface area contributed by atoms with Gasteiger partial charge in [-0.2, -0.15) is 10.1 Å². The van der Waals surface area contributed by atoms with E-state index in [1.54, 1.807) is 30.0 Å². The van der Waals surface area contributed by atoms with Gasteiger partial charge in [-0.1, -0.05) is 51.8 Å². The fourth-order valence-corrected chi connectivity index (χ4v) is 3.56. The van der Waals surface area contributed by atoms with Gasteiger partial charge in [0.1, 0.15) is 0 Å². The van der Waals surface area contributed by atoms with Crippen molar-refractivity contribution in [2.75, 3.05) is 5.43 Å². The molecule has 0 aliphatic carbocycles. The Kier molecular flexibility index (Phi) is 5.79. The minimum absolute atomic E-state index is 0.281. The van der Waals surface area contributed by atoms with E-state index in [4.69, 9.17) is 11.6 Å². The van der Waals surface area contributed by atoms with Crippen molar-refractivity contribution >= 4 is 50.9 Å². The lowest BCUT2D eigenvalue weighted by atomic mass is 10.2. The Balaban J connectivity index is 1.80. The highest BCUT2D eigenvalue weighted by Gasteiger charge is 2.19. The number of hydrogen-bond donors (Lipinski definition) is 1. The van der Waals surface area contributed by atoms with Crippen molar-refractivity contribution in [1.82, 2.24) is 18.7 Å². The molecule has 158 valence electrons. The number of imidazole rings is 1. The Morgan fingerprint density at radius 1 is 1.06 bits per heavy atom. The van der Waals surface area contributed by atoms with E-state index in [-0.39, 0.29) is 5.65 Å². The Labute approximate surface area is 190 Å². The van der Waals surface area contributed by atoms with Crippen LogP contribution < -0.4 is 16.7 Å². The van der Waals surface area contributed by atoms with Crippen molar-refractivity contribution in [1.29, 1.82) is 0 Å². The number of nitrogens with zero attached hydrogens (tertiary/aromatic N) is 5. The highest BCUT2D eigenvalue weighted by Crippen LogP contribution is 2.19. The molecule has 2 aromatic carbocycles. The van der Waals surface area contributed by atoms with E-state index in [1.807, 2.05) is 36.4 Å². The average molecular weight is 502 g/mol. The van der Waals surface area contributed by atoms with Crippen molar-refractivity contribution in [2.24, 2.45) is 19.2 Å². The number of rotatable bonds is 5. The molecular weight excluding hydrogens is 484 g/mol. The van der Waals surface area contributed by atoms with Gasteiger partial charge in [0.25, 0.3) is 5.56 Å². The number of hydrogen-bond acceptors (Lipinski definition) is 5. The lowest BCUT2D eigenvalue weighted by Crippen LogP contribution is -2.37. The molecule has 0 fully saturated rings. The van der Waals surface area contributed by atoms with Crippen LogP contribution in [0.3, 0.4) is 0 Å². The van der Waals surface area contributed by atoms with Crippen molar-refractivity contribution in [3.8, 4) is 0 Å². The molecule has 2 aromatic heterocycles. The van der Waals surface area contributed by atoms with Crippen LogP contribution in [0.4, 0.5) is 5.95 Å². The highest BCUT2D eigenvalue weighted by atomic mass is 79.9. The van der Waals surface area contributed by atoms with E-state index < -0.39 is 11.2 Å². The molecule has 0 bridgehead atoms. The summed E-state index contributed by atoms with van der Waals surface area (Å²) in [4.78, 5) is 29.7. The summed E-state index contributed by atoms with van der Waals surface area (Å²) in [5, 5.41) is 4.89. The molecule has 0 saturated carbocycles. The molecule has 8 nitrogen and oxygen atoms in total. The molecule has 31 heavy (non-hydrogen) atoms. The third kappa shape index (κ3) is 4.19. The Morgan fingerprint density at radius 2 is 1.74 bits per heavy atom. The van der Waals surface area contributed by atoms with Gasteiger partial charge in [-0.25, -0.2) is 10.2 Å². The predicted octanol–water partition coefficient (Wildman–Crippen LogP) is 3.34. The molecule has 0 saturated heterocycles. The van der Waals surface area contributed by atoms with Crippen LogP contribution in [0.2, 0.25) is 5.02 Å².